The van der Waals surface area contributed by atoms with E-state index in [4.69, 9.17) is 4.74 Å². The average molecular weight is 250 g/mol. The number of aromatic nitrogens is 1. The summed E-state index contributed by atoms with van der Waals surface area (Å²) in [5.74, 6) is 1.41. The summed E-state index contributed by atoms with van der Waals surface area (Å²) >= 11 is 0. The Bertz CT molecular complexity index is 409. The smallest absolute Gasteiger partial charge is 0.122 e. The van der Waals surface area contributed by atoms with Gasteiger partial charge in [-0.2, -0.15) is 0 Å². The van der Waals surface area contributed by atoms with Crippen LogP contribution in [0.3, 0.4) is 0 Å². The van der Waals surface area contributed by atoms with Crippen LogP contribution in [0.5, 0.6) is 5.75 Å². The Labute approximate surface area is 109 Å². The monoisotopic (exact) mass is 250 g/mol. The number of nitrogens with zero attached hydrogens (tertiary/aromatic N) is 2. The highest BCUT2D eigenvalue weighted by Gasteiger charge is 2.30. The van der Waals surface area contributed by atoms with Gasteiger partial charge < -0.3 is 9.84 Å². The first-order valence-corrected chi connectivity index (χ1v) is 6.50. The van der Waals surface area contributed by atoms with Crippen LogP contribution < -0.4 is 4.74 Å². The van der Waals surface area contributed by atoms with E-state index in [1.165, 1.54) is 0 Å². The van der Waals surface area contributed by atoms with E-state index in [2.05, 4.69) is 16.8 Å². The third kappa shape index (κ3) is 2.82. The molecule has 1 aromatic rings. The lowest BCUT2D eigenvalue weighted by molar-refractivity contribution is 0.133. The van der Waals surface area contributed by atoms with Crippen molar-refractivity contribution >= 4 is 0 Å². The highest BCUT2D eigenvalue weighted by molar-refractivity contribution is 5.26. The highest BCUT2D eigenvalue weighted by Crippen LogP contribution is 2.25. The zero-order chi connectivity index (χ0) is 13.1. The molecule has 4 heteroatoms. The van der Waals surface area contributed by atoms with Crippen LogP contribution in [0.2, 0.25) is 0 Å². The maximum atomic E-state index is 9.45. The second kappa shape index (κ2) is 5.67. The lowest BCUT2D eigenvalue weighted by Gasteiger charge is -2.24. The molecule has 4 nitrogen and oxygen atoms in total. The molecule has 0 spiro atoms. The van der Waals surface area contributed by atoms with Crippen LogP contribution in [0, 0.1) is 12.8 Å². The molecule has 1 aromatic heterocycles. The van der Waals surface area contributed by atoms with Crippen LogP contribution in [-0.4, -0.2) is 41.3 Å². The molecular formula is C14H22N2O2. The van der Waals surface area contributed by atoms with Gasteiger partial charge in [0.1, 0.15) is 5.75 Å². The van der Waals surface area contributed by atoms with Gasteiger partial charge in [-0.15, -0.1) is 0 Å². The summed E-state index contributed by atoms with van der Waals surface area (Å²) in [4.78, 5) is 6.85. The Morgan fingerprint density at radius 3 is 2.94 bits per heavy atom. The summed E-state index contributed by atoms with van der Waals surface area (Å²) in [7, 11) is 1.67. The Kier molecular flexibility index (Phi) is 4.19. The Hall–Kier alpha value is -1.13. The molecule has 1 N–H and O–H groups in total. The van der Waals surface area contributed by atoms with E-state index in [9.17, 15) is 5.11 Å². The normalized spacial score (nSPS) is 24.4. The molecule has 0 aliphatic carbocycles. The molecule has 1 fully saturated rings. The third-order valence-electron chi connectivity index (χ3n) is 3.77. The van der Waals surface area contributed by atoms with Crippen molar-refractivity contribution < 1.29 is 9.84 Å². The van der Waals surface area contributed by atoms with Gasteiger partial charge in [0.2, 0.25) is 0 Å². The third-order valence-corrected chi connectivity index (χ3v) is 3.77. The van der Waals surface area contributed by atoms with Crippen molar-refractivity contribution in [1.29, 1.82) is 0 Å². The number of rotatable bonds is 4. The fraction of sp³-hybridized carbons (Fsp3) is 0.643. The molecule has 1 aliphatic rings. The van der Waals surface area contributed by atoms with Gasteiger partial charge in [-0.05, 0) is 25.8 Å². The van der Waals surface area contributed by atoms with Crippen LogP contribution in [0.15, 0.2) is 12.1 Å². The van der Waals surface area contributed by atoms with Gasteiger partial charge in [-0.25, -0.2) is 0 Å². The molecule has 2 atom stereocenters. The zero-order valence-corrected chi connectivity index (χ0v) is 11.4. The molecular weight excluding hydrogens is 228 g/mol. The molecule has 0 radical (unpaired) electrons. The lowest BCUT2D eigenvalue weighted by Crippen LogP contribution is -2.34. The largest absolute Gasteiger partial charge is 0.497 e. The van der Waals surface area contributed by atoms with Crippen molar-refractivity contribution in [3.63, 3.8) is 0 Å². The van der Waals surface area contributed by atoms with Crippen LogP contribution in [0.25, 0.3) is 0 Å². The number of aryl methyl sites for hydroxylation is 1. The van der Waals surface area contributed by atoms with Crippen molar-refractivity contribution in [3.05, 3.63) is 23.5 Å². The Morgan fingerprint density at radius 1 is 1.50 bits per heavy atom. The molecule has 100 valence electrons. The predicted octanol–water partition coefficient (Wildman–Crippen LogP) is 1.60. The minimum atomic E-state index is 0.226. The van der Waals surface area contributed by atoms with Crippen LogP contribution in [0.1, 0.15) is 24.7 Å². The van der Waals surface area contributed by atoms with E-state index < -0.39 is 0 Å². The van der Waals surface area contributed by atoms with Gasteiger partial charge in [0.25, 0.3) is 0 Å². The topological polar surface area (TPSA) is 45.6 Å². The number of ether oxygens (including phenoxy) is 1. The maximum absolute atomic E-state index is 9.45. The quantitative estimate of drug-likeness (QED) is 0.881. The standard InChI is InChI=1S/C14H22N2O2/c1-10-4-5-16(14(10)9-17)8-12-7-13(18-3)6-11(2)15-12/h6-7,10,14,17H,4-5,8-9H2,1-3H3. The number of aliphatic hydroxyl groups excluding tert-OH is 1. The van der Waals surface area contributed by atoms with Crippen molar-refractivity contribution in [2.75, 3.05) is 20.3 Å². The SMILES string of the molecule is COc1cc(C)nc(CN2CCC(C)C2CO)c1. The second-order valence-electron chi connectivity index (χ2n) is 5.13. The minimum absolute atomic E-state index is 0.226. The van der Waals surface area contributed by atoms with Gasteiger partial charge in [-0.1, -0.05) is 6.92 Å². The van der Waals surface area contributed by atoms with E-state index >= 15 is 0 Å². The van der Waals surface area contributed by atoms with Gasteiger partial charge in [0, 0.05) is 30.4 Å². The van der Waals surface area contributed by atoms with Crippen LogP contribution in [-0.2, 0) is 6.54 Å². The first-order valence-electron chi connectivity index (χ1n) is 6.50. The van der Waals surface area contributed by atoms with E-state index in [1.54, 1.807) is 7.11 Å². The first-order chi connectivity index (χ1) is 8.63. The van der Waals surface area contributed by atoms with Crippen LogP contribution in [0.4, 0.5) is 0 Å². The van der Waals surface area contributed by atoms with Gasteiger partial charge in [0.05, 0.1) is 19.4 Å². The van der Waals surface area contributed by atoms with Crippen LogP contribution >= 0.6 is 0 Å². The summed E-state index contributed by atoms with van der Waals surface area (Å²) in [6.45, 7) is 6.22. The van der Waals surface area contributed by atoms with E-state index in [1.807, 2.05) is 19.1 Å². The number of pyridine rings is 1. The predicted molar refractivity (Wildman–Crippen MR) is 70.6 cm³/mol. The molecule has 0 amide bonds. The number of hydrogen-bond acceptors (Lipinski definition) is 4. The molecule has 2 unspecified atom stereocenters. The summed E-state index contributed by atoms with van der Waals surface area (Å²) < 4.78 is 5.27. The second-order valence-corrected chi connectivity index (χ2v) is 5.13. The van der Waals surface area contributed by atoms with E-state index in [0.29, 0.717) is 5.92 Å². The maximum Gasteiger partial charge on any atom is 0.122 e. The van der Waals surface area contributed by atoms with Crippen molar-refractivity contribution in [2.45, 2.75) is 32.9 Å². The number of hydrogen-bond donors (Lipinski definition) is 1. The minimum Gasteiger partial charge on any atom is -0.497 e. The van der Waals surface area contributed by atoms with Gasteiger partial charge in [0.15, 0.2) is 0 Å². The first kappa shape index (κ1) is 13.3. The van der Waals surface area contributed by atoms with Crippen molar-refractivity contribution in [2.24, 2.45) is 5.92 Å². The average Bonchev–Trinajstić information content (AvgIpc) is 2.69. The van der Waals surface area contributed by atoms with Gasteiger partial charge >= 0.3 is 0 Å². The summed E-state index contributed by atoms with van der Waals surface area (Å²) in [6, 6.07) is 4.17. The molecule has 0 saturated carbocycles. The summed E-state index contributed by atoms with van der Waals surface area (Å²) in [5.41, 5.74) is 1.98. The molecule has 2 heterocycles. The molecule has 0 bridgehead atoms. The summed E-state index contributed by atoms with van der Waals surface area (Å²) in [6.07, 6.45) is 1.15. The molecule has 2 rings (SSSR count). The molecule has 0 aromatic carbocycles. The number of aliphatic hydroxyl groups is 1. The fourth-order valence-electron chi connectivity index (χ4n) is 2.69. The van der Waals surface area contributed by atoms with Crippen molar-refractivity contribution in [1.82, 2.24) is 9.88 Å². The number of methoxy groups -OCH3 is 1. The molecule has 18 heavy (non-hydrogen) atoms. The fourth-order valence-corrected chi connectivity index (χ4v) is 2.69. The zero-order valence-electron chi connectivity index (χ0n) is 11.4. The summed E-state index contributed by atoms with van der Waals surface area (Å²) in [5, 5.41) is 9.45. The highest BCUT2D eigenvalue weighted by atomic mass is 16.5. The van der Waals surface area contributed by atoms with Gasteiger partial charge in [-0.3, -0.25) is 9.88 Å². The Balaban J connectivity index is 2.11. The van der Waals surface area contributed by atoms with Crippen molar-refractivity contribution in [3.8, 4) is 5.75 Å². The Morgan fingerprint density at radius 2 is 2.28 bits per heavy atom. The number of likely N-dealkylation sites (tertiary alicyclic amines) is 1. The van der Waals surface area contributed by atoms with E-state index in [-0.39, 0.29) is 12.6 Å². The molecule has 1 saturated heterocycles. The molecule has 1 aliphatic heterocycles. The van der Waals surface area contributed by atoms with E-state index in [0.717, 1.165) is 36.6 Å². The lowest BCUT2D eigenvalue weighted by atomic mass is 10.0.